The van der Waals surface area contributed by atoms with Crippen molar-refractivity contribution < 1.29 is 50.7 Å². The SMILES string of the molecule is C[CH2][Ti]([CH3])([CH3])([CH3])([CH3])[C]1=CC=CC1.Cl.Cl.Cl.OB(O)Oc1c(F)c(F)c(F)c(F)c1F. The molecule has 0 aromatic heterocycles. The van der Waals surface area contributed by atoms with Gasteiger partial charge in [-0.15, -0.1) is 37.2 Å². The van der Waals surface area contributed by atoms with Crippen LogP contribution in [-0.2, 0) is 14.0 Å². The van der Waals surface area contributed by atoms with Crippen LogP contribution < -0.4 is 4.65 Å². The van der Waals surface area contributed by atoms with Gasteiger partial charge in [0.25, 0.3) is 0 Å². The van der Waals surface area contributed by atoms with Crippen LogP contribution in [0.1, 0.15) is 13.3 Å². The first-order chi connectivity index (χ1) is 12.0. The molecule has 1 aliphatic rings. The number of rotatable bonds is 4. The monoisotopic (exact) mass is 538 g/mol. The van der Waals surface area contributed by atoms with Crippen LogP contribution in [0.5, 0.6) is 5.75 Å². The molecule has 176 valence electrons. The van der Waals surface area contributed by atoms with E-state index in [1.165, 1.54) is 11.1 Å². The van der Waals surface area contributed by atoms with Crippen molar-refractivity contribution >= 4 is 44.5 Å². The van der Waals surface area contributed by atoms with Gasteiger partial charge in [-0.25, -0.2) is 13.2 Å². The van der Waals surface area contributed by atoms with E-state index in [1.54, 1.807) is 3.88 Å². The average Bonchev–Trinajstić information content (AvgIpc) is 3.11. The van der Waals surface area contributed by atoms with Crippen LogP contribution in [0.3, 0.4) is 0 Å². The van der Waals surface area contributed by atoms with Gasteiger partial charge in [0.1, 0.15) is 0 Å². The van der Waals surface area contributed by atoms with Gasteiger partial charge in [-0.05, 0) is 0 Å². The number of hydrogen-bond donors (Lipinski definition) is 2. The van der Waals surface area contributed by atoms with E-state index in [2.05, 4.69) is 50.7 Å². The van der Waals surface area contributed by atoms with Gasteiger partial charge in [0.2, 0.25) is 29.1 Å². The first-order valence-electron chi connectivity index (χ1n) is 8.43. The molecule has 1 aromatic rings. The molecule has 1 aromatic carbocycles. The molecule has 1 aliphatic carbocycles. The fraction of sp³-hybridized carbons (Fsp3) is 0.412. The fourth-order valence-electron chi connectivity index (χ4n) is 2.34. The van der Waals surface area contributed by atoms with Crippen molar-refractivity contribution in [3.05, 3.63) is 51.2 Å². The van der Waals surface area contributed by atoms with E-state index >= 15 is 0 Å². The number of halogens is 8. The molecule has 13 heteroatoms. The zero-order valence-corrected chi connectivity index (χ0v) is 21.2. The van der Waals surface area contributed by atoms with Crippen LogP contribution in [0.2, 0.25) is 25.6 Å². The van der Waals surface area contributed by atoms with Crippen LogP contribution >= 0.6 is 37.2 Å². The molecule has 0 amide bonds. The van der Waals surface area contributed by atoms with Gasteiger partial charge in [0, 0.05) is 0 Å². The Balaban J connectivity index is -0.000000450. The zero-order chi connectivity index (χ0) is 21.3. The van der Waals surface area contributed by atoms with Crippen molar-refractivity contribution in [1.29, 1.82) is 0 Å². The molecule has 2 rings (SSSR count). The first-order valence-corrected chi connectivity index (χ1v) is 16.6. The van der Waals surface area contributed by atoms with Crippen LogP contribution in [0, 0.1) is 29.1 Å². The molecule has 0 bridgehead atoms. The Labute approximate surface area is 190 Å². The van der Waals surface area contributed by atoms with E-state index in [4.69, 9.17) is 10.0 Å². The molecule has 30 heavy (non-hydrogen) atoms. The van der Waals surface area contributed by atoms with Crippen LogP contribution in [-0.4, -0.2) is 17.4 Å². The number of benzene rings is 1. The van der Waals surface area contributed by atoms with Crippen LogP contribution in [0.25, 0.3) is 0 Å². The summed E-state index contributed by atoms with van der Waals surface area (Å²) in [6.07, 6.45) is 8.07. The molecular formula is C17H27BCl3F5O3Ti. The van der Waals surface area contributed by atoms with Crippen LogP contribution in [0.15, 0.2) is 22.1 Å². The van der Waals surface area contributed by atoms with Crippen molar-refractivity contribution in [2.24, 2.45) is 0 Å². The van der Waals surface area contributed by atoms with E-state index in [0.29, 0.717) is 0 Å². The minimum Gasteiger partial charge on any atom is -0.507 e. The summed E-state index contributed by atoms with van der Waals surface area (Å²) in [7, 11) is -2.70. The Hall–Kier alpha value is -0.281. The summed E-state index contributed by atoms with van der Waals surface area (Å²) in [6, 6.07) is 0. The van der Waals surface area contributed by atoms with E-state index in [1.807, 2.05) is 0 Å². The molecule has 0 saturated heterocycles. The van der Waals surface area contributed by atoms with E-state index < -0.39 is 56.2 Å². The van der Waals surface area contributed by atoms with Crippen LogP contribution in [0.4, 0.5) is 22.0 Å². The summed E-state index contributed by atoms with van der Waals surface area (Å²) in [5, 5.41) is 26.5. The van der Waals surface area contributed by atoms with Gasteiger partial charge in [0.15, 0.2) is 5.75 Å². The zero-order valence-electron chi connectivity index (χ0n) is 17.1. The second kappa shape index (κ2) is 11.0. The van der Waals surface area contributed by atoms with Gasteiger partial charge in [0.05, 0.1) is 0 Å². The topological polar surface area (TPSA) is 49.7 Å². The van der Waals surface area contributed by atoms with E-state index in [9.17, 15) is 22.0 Å². The van der Waals surface area contributed by atoms with E-state index in [0.717, 1.165) is 0 Å². The first kappa shape index (κ1) is 34.3. The van der Waals surface area contributed by atoms with Crippen molar-refractivity contribution in [3.8, 4) is 5.75 Å². The summed E-state index contributed by atoms with van der Waals surface area (Å²) in [4.78, 5) is 0. The molecule has 0 radical (unpaired) electrons. The molecule has 0 heterocycles. The molecule has 3 nitrogen and oxygen atoms in total. The van der Waals surface area contributed by atoms with Gasteiger partial charge in [-0.3, -0.25) is 0 Å². The molecule has 0 spiro atoms. The summed E-state index contributed by atoms with van der Waals surface area (Å²) in [6.45, 7) is 2.35. The molecule has 0 saturated carbocycles. The van der Waals surface area contributed by atoms with E-state index in [-0.39, 0.29) is 37.2 Å². The average molecular weight is 539 g/mol. The molecular weight excluding hydrogens is 512 g/mol. The maximum atomic E-state index is 12.7. The molecule has 0 unspecified atom stereocenters. The second-order valence-electron chi connectivity index (χ2n) is 9.61. The predicted molar refractivity (Wildman–Crippen MR) is 115 cm³/mol. The summed E-state index contributed by atoms with van der Waals surface area (Å²) < 4.78 is 69.4. The third kappa shape index (κ3) is 8.01. The van der Waals surface area contributed by atoms with Crippen molar-refractivity contribution in [3.63, 3.8) is 0 Å². The fourth-order valence-corrected chi connectivity index (χ4v) is 6.11. The Morgan fingerprint density at radius 2 is 1.27 bits per heavy atom. The minimum atomic E-state index is -2.70. The summed E-state index contributed by atoms with van der Waals surface area (Å²) in [5.41, 5.74) is 0. The van der Waals surface area contributed by atoms with Gasteiger partial charge in [-0.1, -0.05) is 0 Å². The molecule has 0 atom stereocenters. The quantitative estimate of drug-likeness (QED) is 0.194. The Bertz CT molecular complexity index is 785. The van der Waals surface area contributed by atoms with Gasteiger partial charge < -0.3 is 14.7 Å². The minimum absolute atomic E-state index is 0. The summed E-state index contributed by atoms with van der Waals surface area (Å²) in [5.74, 6) is -13.1. The smallest absolute Gasteiger partial charge is 0.507 e. The Morgan fingerprint density at radius 1 is 0.867 bits per heavy atom. The second-order valence-corrected chi connectivity index (χ2v) is 29.2. The number of hydrogen-bond acceptors (Lipinski definition) is 3. The van der Waals surface area contributed by atoms with Crippen molar-refractivity contribution in [2.45, 2.75) is 39.0 Å². The maximum absolute atomic E-state index is 12.7. The Morgan fingerprint density at radius 3 is 1.57 bits per heavy atom. The summed E-state index contributed by atoms with van der Waals surface area (Å²) >= 11 is -2.67. The normalized spacial score (nSPS) is 14.5. The third-order valence-corrected chi connectivity index (χ3v) is 15.5. The van der Waals surface area contributed by atoms with Crippen molar-refractivity contribution in [2.75, 3.05) is 0 Å². The Kier molecular flexibility index (Phi) is 12.6. The predicted octanol–water partition coefficient (Wildman–Crippen LogP) is 6.68. The largest absolute Gasteiger partial charge is 0.707 e. The standard InChI is InChI=1S/C6H2BF5O3.C5H5.C2H5.4CH3.3ClH.Ti/c8-1-2(9)4(11)6(15-7(13)14)5(12)3(1)10;1-2-4-5-3-1;1-2;;;;;;;;/h13-14H;1-3H,4H2;1H2,2H3;4*1H3;3*1H;. The van der Waals surface area contributed by atoms with Gasteiger partial charge in [-0.2, -0.15) is 8.78 Å². The third-order valence-electron chi connectivity index (χ3n) is 5.27. The molecule has 0 fully saturated rings. The van der Waals surface area contributed by atoms with Crippen molar-refractivity contribution in [1.82, 2.24) is 0 Å². The van der Waals surface area contributed by atoms with Gasteiger partial charge >= 0.3 is 82.4 Å². The molecule has 0 aliphatic heterocycles. The molecule has 2 N–H and O–H groups in total. The maximum Gasteiger partial charge on any atom is 0.707 e. The number of allylic oxidation sites excluding steroid dienone is 4.